The summed E-state index contributed by atoms with van der Waals surface area (Å²) in [6.07, 6.45) is 1.91. The highest BCUT2D eigenvalue weighted by molar-refractivity contribution is 5.85. The quantitative estimate of drug-likeness (QED) is 0.820. The predicted octanol–water partition coefficient (Wildman–Crippen LogP) is 1.78. The molecule has 1 aromatic rings. The highest BCUT2D eigenvalue weighted by atomic mass is 16.5. The van der Waals surface area contributed by atoms with E-state index in [1.165, 1.54) is 5.56 Å². The molecule has 0 radical (unpaired) electrons. The Kier molecular flexibility index (Phi) is 3.80. The molecule has 19 heavy (non-hydrogen) atoms. The van der Waals surface area contributed by atoms with Crippen molar-refractivity contribution in [3.05, 3.63) is 29.8 Å². The Morgan fingerprint density at radius 1 is 1.47 bits per heavy atom. The molecule has 4 nitrogen and oxygen atoms in total. The van der Waals surface area contributed by atoms with Crippen LogP contribution in [0.1, 0.15) is 38.2 Å². The molecule has 4 N–H and O–H groups in total. The fourth-order valence-electron chi connectivity index (χ4n) is 2.15. The van der Waals surface area contributed by atoms with Crippen molar-refractivity contribution in [1.82, 2.24) is 0 Å². The molecule has 2 rings (SSSR count). The highest BCUT2D eigenvalue weighted by Gasteiger charge is 2.47. The van der Waals surface area contributed by atoms with Crippen LogP contribution in [0.15, 0.2) is 24.3 Å². The molecule has 1 amide bonds. The monoisotopic (exact) mass is 262 g/mol. The van der Waals surface area contributed by atoms with E-state index in [0.29, 0.717) is 5.92 Å². The largest absolute Gasteiger partial charge is 0.491 e. The van der Waals surface area contributed by atoms with E-state index in [1.807, 2.05) is 18.2 Å². The average Bonchev–Trinajstić information content (AvgIpc) is 3.20. The summed E-state index contributed by atoms with van der Waals surface area (Å²) in [6, 6.07) is 7.87. The lowest BCUT2D eigenvalue weighted by molar-refractivity contribution is -0.125. The van der Waals surface area contributed by atoms with Crippen molar-refractivity contribution in [2.75, 3.05) is 6.61 Å². The van der Waals surface area contributed by atoms with Crippen molar-refractivity contribution in [1.29, 1.82) is 0 Å². The molecule has 1 unspecified atom stereocenters. The lowest BCUT2D eigenvalue weighted by Gasteiger charge is -2.25. The summed E-state index contributed by atoms with van der Waals surface area (Å²) in [6.45, 7) is 4.40. The number of carbonyl (C=O) groups excluding carboxylic acids is 1. The molecule has 0 aliphatic heterocycles. The molecule has 0 heterocycles. The van der Waals surface area contributed by atoms with Crippen LogP contribution < -0.4 is 16.2 Å². The molecular formula is C15H22N2O2. The normalized spacial score (nSPS) is 18.1. The van der Waals surface area contributed by atoms with Gasteiger partial charge < -0.3 is 16.2 Å². The Hall–Kier alpha value is -1.55. The second-order valence-electron chi connectivity index (χ2n) is 5.69. The Morgan fingerprint density at radius 2 is 2.16 bits per heavy atom. The topological polar surface area (TPSA) is 78.3 Å². The Labute approximate surface area is 114 Å². The van der Waals surface area contributed by atoms with Crippen molar-refractivity contribution >= 4 is 5.91 Å². The first-order valence-electron chi connectivity index (χ1n) is 6.75. The van der Waals surface area contributed by atoms with E-state index >= 15 is 0 Å². The molecule has 1 saturated carbocycles. The number of hydrogen-bond donors (Lipinski definition) is 2. The van der Waals surface area contributed by atoms with Gasteiger partial charge in [-0.15, -0.1) is 0 Å². The fourth-order valence-corrected chi connectivity index (χ4v) is 2.15. The zero-order valence-electron chi connectivity index (χ0n) is 11.6. The van der Waals surface area contributed by atoms with E-state index in [-0.39, 0.29) is 12.5 Å². The number of carbonyl (C=O) groups is 1. The van der Waals surface area contributed by atoms with Crippen LogP contribution in [0.3, 0.4) is 0 Å². The first-order chi connectivity index (χ1) is 8.93. The fraction of sp³-hybridized carbons (Fsp3) is 0.533. The molecule has 0 bridgehead atoms. The molecule has 4 heteroatoms. The Balaban J connectivity index is 2.05. The van der Waals surface area contributed by atoms with Crippen molar-refractivity contribution in [2.45, 2.75) is 38.1 Å². The molecule has 1 aliphatic carbocycles. The molecule has 0 spiro atoms. The second kappa shape index (κ2) is 5.21. The van der Waals surface area contributed by atoms with Gasteiger partial charge in [-0.05, 0) is 42.4 Å². The Bertz CT molecular complexity index is 469. The summed E-state index contributed by atoms with van der Waals surface area (Å²) in [5, 5.41) is 0. The van der Waals surface area contributed by atoms with Crippen LogP contribution in [0.5, 0.6) is 5.75 Å². The van der Waals surface area contributed by atoms with Crippen molar-refractivity contribution in [3.8, 4) is 5.75 Å². The van der Waals surface area contributed by atoms with Gasteiger partial charge in [0.25, 0.3) is 0 Å². The van der Waals surface area contributed by atoms with Crippen molar-refractivity contribution < 1.29 is 9.53 Å². The van der Waals surface area contributed by atoms with Crippen LogP contribution >= 0.6 is 0 Å². The minimum Gasteiger partial charge on any atom is -0.491 e. The molecule has 0 aromatic heterocycles. The van der Waals surface area contributed by atoms with Gasteiger partial charge in [0.2, 0.25) is 5.91 Å². The van der Waals surface area contributed by atoms with Gasteiger partial charge in [0.1, 0.15) is 17.9 Å². The van der Waals surface area contributed by atoms with E-state index in [9.17, 15) is 4.79 Å². The minimum absolute atomic E-state index is 0.147. The zero-order valence-corrected chi connectivity index (χ0v) is 11.6. The minimum atomic E-state index is -1.03. The van der Waals surface area contributed by atoms with Crippen molar-refractivity contribution in [3.63, 3.8) is 0 Å². The maximum atomic E-state index is 11.5. The first kappa shape index (κ1) is 13.9. The van der Waals surface area contributed by atoms with Gasteiger partial charge in [-0.1, -0.05) is 26.0 Å². The number of benzene rings is 1. The predicted molar refractivity (Wildman–Crippen MR) is 74.9 cm³/mol. The van der Waals surface area contributed by atoms with Crippen LogP contribution in [-0.2, 0) is 4.79 Å². The average molecular weight is 262 g/mol. The smallest absolute Gasteiger partial charge is 0.241 e. The first-order valence-corrected chi connectivity index (χ1v) is 6.75. The summed E-state index contributed by atoms with van der Waals surface area (Å²) in [5.41, 5.74) is 11.7. The number of primary amides is 1. The summed E-state index contributed by atoms with van der Waals surface area (Å²) in [4.78, 5) is 11.5. The Morgan fingerprint density at radius 3 is 2.68 bits per heavy atom. The molecule has 104 valence electrons. The van der Waals surface area contributed by atoms with E-state index in [0.717, 1.165) is 18.6 Å². The van der Waals surface area contributed by atoms with Crippen LogP contribution in [0.4, 0.5) is 0 Å². The third-order valence-electron chi connectivity index (χ3n) is 3.77. The molecular weight excluding hydrogens is 240 g/mol. The van der Waals surface area contributed by atoms with Gasteiger partial charge in [-0.25, -0.2) is 0 Å². The lowest BCUT2D eigenvalue weighted by atomic mass is 9.95. The van der Waals surface area contributed by atoms with Gasteiger partial charge in [0, 0.05) is 0 Å². The zero-order chi connectivity index (χ0) is 14.0. The summed E-state index contributed by atoms with van der Waals surface area (Å²) in [5.74, 6) is 0.863. The summed E-state index contributed by atoms with van der Waals surface area (Å²) >= 11 is 0. The van der Waals surface area contributed by atoms with Gasteiger partial charge >= 0.3 is 0 Å². The van der Waals surface area contributed by atoms with E-state index in [1.54, 1.807) is 0 Å². The summed E-state index contributed by atoms with van der Waals surface area (Å²) in [7, 11) is 0. The highest BCUT2D eigenvalue weighted by Crippen LogP contribution is 2.38. The van der Waals surface area contributed by atoms with Crippen LogP contribution in [-0.4, -0.2) is 18.1 Å². The van der Waals surface area contributed by atoms with Gasteiger partial charge in [0.15, 0.2) is 0 Å². The standard InChI is InChI=1S/C15H22N2O2/c1-10(2)11-4-3-5-13(8-11)19-9-15(17,14(16)18)12-6-7-12/h3-5,8,10,12H,6-7,9,17H2,1-2H3,(H2,16,18). The third-order valence-corrected chi connectivity index (χ3v) is 3.77. The molecule has 1 aliphatic rings. The summed E-state index contributed by atoms with van der Waals surface area (Å²) < 4.78 is 5.70. The molecule has 1 atom stereocenters. The molecule has 0 saturated heterocycles. The van der Waals surface area contributed by atoms with Gasteiger partial charge in [-0.3, -0.25) is 4.79 Å². The van der Waals surface area contributed by atoms with E-state index in [4.69, 9.17) is 16.2 Å². The van der Waals surface area contributed by atoms with Crippen LogP contribution in [0.2, 0.25) is 0 Å². The number of nitrogens with two attached hydrogens (primary N) is 2. The maximum Gasteiger partial charge on any atom is 0.241 e. The van der Waals surface area contributed by atoms with Gasteiger partial charge in [0.05, 0.1) is 0 Å². The second-order valence-corrected chi connectivity index (χ2v) is 5.69. The van der Waals surface area contributed by atoms with Crippen LogP contribution in [0.25, 0.3) is 0 Å². The maximum absolute atomic E-state index is 11.5. The van der Waals surface area contributed by atoms with E-state index < -0.39 is 11.4 Å². The number of rotatable bonds is 6. The van der Waals surface area contributed by atoms with Crippen molar-refractivity contribution in [2.24, 2.45) is 17.4 Å². The SMILES string of the molecule is CC(C)c1cccc(OCC(N)(C(N)=O)C2CC2)c1. The van der Waals surface area contributed by atoms with E-state index in [2.05, 4.69) is 19.9 Å². The van der Waals surface area contributed by atoms with Gasteiger partial charge in [-0.2, -0.15) is 0 Å². The van der Waals surface area contributed by atoms with Crippen LogP contribution in [0, 0.1) is 5.92 Å². The number of ether oxygens (including phenoxy) is 1. The lowest BCUT2D eigenvalue weighted by Crippen LogP contribution is -2.58. The third kappa shape index (κ3) is 3.07. The molecule has 1 fully saturated rings. The number of hydrogen-bond acceptors (Lipinski definition) is 3. The number of amides is 1. The molecule has 1 aromatic carbocycles.